The van der Waals surface area contributed by atoms with Gasteiger partial charge in [-0.2, -0.15) is 0 Å². The van der Waals surface area contributed by atoms with Crippen molar-refractivity contribution in [3.8, 4) is 11.5 Å². The van der Waals surface area contributed by atoms with Crippen LogP contribution in [0.25, 0.3) is 0 Å². The van der Waals surface area contributed by atoms with Crippen LogP contribution < -0.4 is 10.5 Å². The summed E-state index contributed by atoms with van der Waals surface area (Å²) >= 11 is 4.86. The van der Waals surface area contributed by atoms with E-state index in [0.717, 1.165) is 12.2 Å². The summed E-state index contributed by atoms with van der Waals surface area (Å²) < 4.78 is 5.73. The van der Waals surface area contributed by atoms with E-state index in [-0.39, 0.29) is 4.99 Å². The van der Waals surface area contributed by atoms with Crippen molar-refractivity contribution in [1.82, 2.24) is 4.98 Å². The number of nitrogens with two attached hydrogens (primary N) is 1. The third-order valence-corrected chi connectivity index (χ3v) is 3.18. The summed E-state index contributed by atoms with van der Waals surface area (Å²) in [6.45, 7) is 2.20. The molecule has 0 saturated carbocycles. The molecule has 0 aliphatic carbocycles. The van der Waals surface area contributed by atoms with E-state index in [9.17, 15) is 0 Å². The van der Waals surface area contributed by atoms with Gasteiger partial charge >= 0.3 is 0 Å². The van der Waals surface area contributed by atoms with E-state index in [4.69, 9.17) is 22.7 Å². The largest absolute Gasteiger partial charge is 0.456 e. The van der Waals surface area contributed by atoms with Crippen LogP contribution in [0.4, 0.5) is 0 Å². The molecule has 0 amide bonds. The number of aryl methyl sites for hydroxylation is 1. The first-order valence-corrected chi connectivity index (χ1v) is 7.12. The highest BCUT2D eigenvalue weighted by Crippen LogP contribution is 2.21. The molecule has 0 fully saturated rings. The van der Waals surface area contributed by atoms with Gasteiger partial charge in [0, 0.05) is 0 Å². The van der Waals surface area contributed by atoms with E-state index < -0.39 is 0 Å². The number of unbranched alkanes of at least 4 members (excludes halogenated alkanes) is 1. The van der Waals surface area contributed by atoms with E-state index in [2.05, 4.69) is 24.0 Å². The second kappa shape index (κ2) is 7.01. The Hall–Kier alpha value is -1.94. The molecule has 0 spiro atoms. The average molecular weight is 286 g/mol. The van der Waals surface area contributed by atoms with E-state index in [0.29, 0.717) is 11.4 Å². The summed E-state index contributed by atoms with van der Waals surface area (Å²) in [7, 11) is 0. The maximum Gasteiger partial charge on any atom is 0.145 e. The van der Waals surface area contributed by atoms with Crippen molar-refractivity contribution in [2.24, 2.45) is 5.73 Å². The Labute approximate surface area is 124 Å². The molecular formula is C16H18N2OS. The van der Waals surface area contributed by atoms with Crippen LogP contribution in [0.15, 0.2) is 42.6 Å². The molecule has 3 nitrogen and oxygen atoms in total. The van der Waals surface area contributed by atoms with Gasteiger partial charge in [0.25, 0.3) is 0 Å². The number of pyridine rings is 1. The summed E-state index contributed by atoms with van der Waals surface area (Å²) in [6, 6.07) is 11.7. The number of hydrogen-bond acceptors (Lipinski definition) is 3. The highest BCUT2D eigenvalue weighted by molar-refractivity contribution is 7.80. The van der Waals surface area contributed by atoms with Crippen LogP contribution in [0, 0.1) is 0 Å². The number of aromatic nitrogens is 1. The van der Waals surface area contributed by atoms with Gasteiger partial charge in [-0.25, -0.2) is 4.98 Å². The topological polar surface area (TPSA) is 48.1 Å². The van der Waals surface area contributed by atoms with Crippen LogP contribution in [0.1, 0.15) is 31.0 Å². The molecule has 0 saturated heterocycles. The monoisotopic (exact) mass is 286 g/mol. The number of hydrogen-bond donors (Lipinski definition) is 1. The maximum atomic E-state index is 5.73. The molecule has 0 radical (unpaired) electrons. The lowest BCUT2D eigenvalue weighted by Crippen LogP contribution is -2.10. The summed E-state index contributed by atoms with van der Waals surface area (Å²) in [5, 5.41) is 0. The van der Waals surface area contributed by atoms with Gasteiger partial charge < -0.3 is 10.5 Å². The third kappa shape index (κ3) is 4.03. The average Bonchev–Trinajstić information content (AvgIpc) is 2.47. The lowest BCUT2D eigenvalue weighted by atomic mass is 10.1. The van der Waals surface area contributed by atoms with E-state index in [1.54, 1.807) is 12.3 Å². The van der Waals surface area contributed by atoms with Crippen molar-refractivity contribution in [3.63, 3.8) is 0 Å². The Morgan fingerprint density at radius 2 is 1.85 bits per heavy atom. The molecule has 0 atom stereocenters. The van der Waals surface area contributed by atoms with Crippen LogP contribution in [-0.4, -0.2) is 9.97 Å². The minimum Gasteiger partial charge on any atom is -0.456 e. The fourth-order valence-corrected chi connectivity index (χ4v) is 1.95. The molecule has 4 heteroatoms. The van der Waals surface area contributed by atoms with Crippen LogP contribution in [-0.2, 0) is 6.42 Å². The molecular weight excluding hydrogens is 268 g/mol. The van der Waals surface area contributed by atoms with Gasteiger partial charge in [0.2, 0.25) is 0 Å². The Kier molecular flexibility index (Phi) is 5.07. The van der Waals surface area contributed by atoms with Crippen molar-refractivity contribution >= 4 is 17.2 Å². The second-order valence-corrected chi connectivity index (χ2v) is 5.03. The number of ether oxygens (including phenoxy) is 1. The molecule has 1 aromatic heterocycles. The van der Waals surface area contributed by atoms with Gasteiger partial charge in [-0.1, -0.05) is 37.7 Å². The lowest BCUT2D eigenvalue weighted by Gasteiger charge is -2.07. The molecule has 104 valence electrons. The predicted molar refractivity (Wildman–Crippen MR) is 85.3 cm³/mol. The van der Waals surface area contributed by atoms with Crippen LogP contribution >= 0.6 is 12.2 Å². The van der Waals surface area contributed by atoms with Gasteiger partial charge in [0.1, 0.15) is 16.5 Å². The number of rotatable bonds is 6. The first-order chi connectivity index (χ1) is 9.69. The van der Waals surface area contributed by atoms with E-state index in [1.807, 2.05) is 18.2 Å². The molecule has 20 heavy (non-hydrogen) atoms. The molecule has 2 rings (SSSR count). The summed E-state index contributed by atoms with van der Waals surface area (Å²) in [5.74, 6) is 1.47. The number of benzene rings is 1. The SMILES string of the molecule is CCCCc1ccc(Oc2ccc(C(N)=S)nc2)cc1. The summed E-state index contributed by atoms with van der Waals surface area (Å²) in [4.78, 5) is 4.43. The predicted octanol–water partition coefficient (Wildman–Crippen LogP) is 3.85. The highest BCUT2D eigenvalue weighted by Gasteiger charge is 2.01. The van der Waals surface area contributed by atoms with Crippen molar-refractivity contribution in [3.05, 3.63) is 53.9 Å². The first kappa shape index (κ1) is 14.5. The smallest absolute Gasteiger partial charge is 0.145 e. The zero-order valence-electron chi connectivity index (χ0n) is 11.5. The molecule has 1 aromatic carbocycles. The van der Waals surface area contributed by atoms with Gasteiger partial charge in [-0.05, 0) is 42.7 Å². The van der Waals surface area contributed by atoms with Crippen molar-refractivity contribution in [2.75, 3.05) is 0 Å². The van der Waals surface area contributed by atoms with Gasteiger partial charge in [0.15, 0.2) is 0 Å². The molecule has 1 heterocycles. The third-order valence-electron chi connectivity index (χ3n) is 2.97. The van der Waals surface area contributed by atoms with Gasteiger partial charge in [-0.3, -0.25) is 0 Å². The molecule has 2 N–H and O–H groups in total. The number of nitrogens with zero attached hydrogens (tertiary/aromatic N) is 1. The Bertz CT molecular complexity index is 564. The van der Waals surface area contributed by atoms with Crippen molar-refractivity contribution in [1.29, 1.82) is 0 Å². The number of thiocarbonyl (C=S) groups is 1. The normalized spacial score (nSPS) is 10.2. The zero-order chi connectivity index (χ0) is 14.4. The maximum absolute atomic E-state index is 5.73. The van der Waals surface area contributed by atoms with Crippen LogP contribution in [0.5, 0.6) is 11.5 Å². The Balaban J connectivity index is 2.00. The minimum atomic E-state index is 0.289. The summed E-state index contributed by atoms with van der Waals surface area (Å²) in [6.07, 6.45) is 5.16. The van der Waals surface area contributed by atoms with Crippen LogP contribution in [0.3, 0.4) is 0 Å². The van der Waals surface area contributed by atoms with E-state index in [1.165, 1.54) is 18.4 Å². The fourth-order valence-electron chi connectivity index (χ4n) is 1.83. The quantitative estimate of drug-likeness (QED) is 0.819. The second-order valence-electron chi connectivity index (χ2n) is 4.59. The lowest BCUT2D eigenvalue weighted by molar-refractivity contribution is 0.480. The minimum absolute atomic E-state index is 0.289. The standard InChI is InChI=1S/C16H18N2OS/c1-2-3-4-12-5-7-13(8-6-12)19-14-9-10-15(16(17)20)18-11-14/h5-11H,2-4H2,1H3,(H2,17,20). The molecule has 0 bridgehead atoms. The van der Waals surface area contributed by atoms with Crippen molar-refractivity contribution in [2.45, 2.75) is 26.2 Å². The zero-order valence-corrected chi connectivity index (χ0v) is 12.3. The van der Waals surface area contributed by atoms with Gasteiger partial charge in [-0.15, -0.1) is 0 Å². The van der Waals surface area contributed by atoms with Crippen molar-refractivity contribution < 1.29 is 4.74 Å². The highest BCUT2D eigenvalue weighted by atomic mass is 32.1. The molecule has 2 aromatic rings. The Morgan fingerprint density at radius 3 is 2.40 bits per heavy atom. The van der Waals surface area contributed by atoms with E-state index >= 15 is 0 Å². The molecule has 0 aliphatic heterocycles. The summed E-state index contributed by atoms with van der Waals surface area (Å²) in [5.41, 5.74) is 7.43. The molecule has 0 unspecified atom stereocenters. The van der Waals surface area contributed by atoms with Crippen LogP contribution in [0.2, 0.25) is 0 Å². The van der Waals surface area contributed by atoms with Gasteiger partial charge in [0.05, 0.1) is 11.9 Å². The fraction of sp³-hybridized carbons (Fsp3) is 0.250. The first-order valence-electron chi connectivity index (χ1n) is 6.71. The molecule has 0 aliphatic rings. The Morgan fingerprint density at radius 1 is 1.15 bits per heavy atom.